The quantitative estimate of drug-likeness (QED) is 0.711. The molecular formula is C16H16BrFN2O2S. The molecule has 0 amide bonds. The number of hydrogen-bond acceptors (Lipinski definition) is 5. The van der Waals surface area contributed by atoms with Crippen LogP contribution in [-0.4, -0.2) is 23.3 Å². The fraction of sp³-hybridized carbons (Fsp3) is 0.438. The van der Waals surface area contributed by atoms with Crippen LogP contribution < -0.4 is 0 Å². The van der Waals surface area contributed by atoms with Gasteiger partial charge in [0.05, 0.1) is 13.0 Å². The van der Waals surface area contributed by atoms with E-state index in [4.69, 9.17) is 4.74 Å². The first-order chi connectivity index (χ1) is 11.1. The van der Waals surface area contributed by atoms with Gasteiger partial charge in [-0.25, -0.2) is 4.39 Å². The molecule has 1 fully saturated rings. The molecule has 4 nitrogen and oxygen atoms in total. The molecule has 1 aliphatic carbocycles. The maximum Gasteiger partial charge on any atom is 0.308 e. The summed E-state index contributed by atoms with van der Waals surface area (Å²) in [6.45, 7) is 0. The van der Waals surface area contributed by atoms with Gasteiger partial charge in [-0.3, -0.25) is 4.79 Å². The summed E-state index contributed by atoms with van der Waals surface area (Å²) in [7, 11) is 1.43. The molecular weight excluding hydrogens is 383 g/mol. The number of aromatic nitrogens is 2. The lowest BCUT2D eigenvalue weighted by Crippen LogP contribution is -2.22. The van der Waals surface area contributed by atoms with Crippen molar-refractivity contribution in [1.29, 1.82) is 0 Å². The molecule has 0 saturated heterocycles. The second kappa shape index (κ2) is 7.05. The lowest BCUT2D eigenvalue weighted by Gasteiger charge is -2.25. The number of rotatable bonds is 3. The summed E-state index contributed by atoms with van der Waals surface area (Å²) < 4.78 is 19.5. The Morgan fingerprint density at radius 2 is 2.04 bits per heavy atom. The van der Waals surface area contributed by atoms with E-state index in [-0.39, 0.29) is 17.7 Å². The summed E-state index contributed by atoms with van der Waals surface area (Å²) in [4.78, 5) is 11.6. The van der Waals surface area contributed by atoms with Crippen LogP contribution in [0.25, 0.3) is 10.6 Å². The van der Waals surface area contributed by atoms with Gasteiger partial charge < -0.3 is 4.74 Å². The van der Waals surface area contributed by atoms with Crippen molar-refractivity contribution in [2.24, 2.45) is 5.92 Å². The highest BCUT2D eigenvalue weighted by Crippen LogP contribution is 2.39. The molecule has 23 heavy (non-hydrogen) atoms. The first-order valence-corrected chi connectivity index (χ1v) is 9.06. The average molecular weight is 399 g/mol. The summed E-state index contributed by atoms with van der Waals surface area (Å²) in [5.41, 5.74) is 0.472. The van der Waals surface area contributed by atoms with Crippen molar-refractivity contribution in [3.05, 3.63) is 33.5 Å². The molecule has 1 aliphatic rings. The van der Waals surface area contributed by atoms with Gasteiger partial charge in [-0.05, 0) is 43.9 Å². The van der Waals surface area contributed by atoms with Crippen LogP contribution in [0.15, 0.2) is 22.7 Å². The van der Waals surface area contributed by atoms with Crippen molar-refractivity contribution in [2.45, 2.75) is 31.6 Å². The van der Waals surface area contributed by atoms with Crippen molar-refractivity contribution in [3.63, 3.8) is 0 Å². The van der Waals surface area contributed by atoms with E-state index in [2.05, 4.69) is 26.1 Å². The molecule has 0 bridgehead atoms. The first-order valence-electron chi connectivity index (χ1n) is 7.45. The minimum atomic E-state index is -0.309. The lowest BCUT2D eigenvalue weighted by atomic mass is 9.82. The Balaban J connectivity index is 1.72. The predicted octanol–water partition coefficient (Wildman–Crippen LogP) is 4.55. The van der Waals surface area contributed by atoms with Crippen LogP contribution in [0.4, 0.5) is 4.39 Å². The number of halogens is 2. The lowest BCUT2D eigenvalue weighted by molar-refractivity contribution is -0.146. The molecule has 122 valence electrons. The first kappa shape index (κ1) is 16.5. The molecule has 0 unspecified atom stereocenters. The fourth-order valence-electron chi connectivity index (χ4n) is 2.91. The van der Waals surface area contributed by atoms with Crippen LogP contribution in [0, 0.1) is 11.7 Å². The summed E-state index contributed by atoms with van der Waals surface area (Å²) in [6, 6.07) is 4.93. The van der Waals surface area contributed by atoms with Gasteiger partial charge in [0.2, 0.25) is 0 Å². The minimum Gasteiger partial charge on any atom is -0.469 e. The third-order valence-electron chi connectivity index (χ3n) is 4.21. The van der Waals surface area contributed by atoms with Crippen molar-refractivity contribution in [3.8, 4) is 10.6 Å². The second-order valence-corrected chi connectivity index (χ2v) is 7.57. The number of benzene rings is 1. The normalized spacial score (nSPS) is 21.2. The van der Waals surface area contributed by atoms with Gasteiger partial charge in [-0.1, -0.05) is 27.3 Å². The molecule has 1 saturated carbocycles. The van der Waals surface area contributed by atoms with Crippen LogP contribution in [0.1, 0.15) is 36.6 Å². The Morgan fingerprint density at radius 3 is 2.70 bits per heavy atom. The topological polar surface area (TPSA) is 52.1 Å². The number of nitrogens with zero attached hydrogens (tertiary/aromatic N) is 2. The number of hydrogen-bond donors (Lipinski definition) is 0. The van der Waals surface area contributed by atoms with E-state index >= 15 is 0 Å². The summed E-state index contributed by atoms with van der Waals surface area (Å²) in [5.74, 6) is -0.150. The number of ether oxygens (including phenoxy) is 1. The van der Waals surface area contributed by atoms with E-state index in [0.29, 0.717) is 21.0 Å². The number of carbonyl (C=O) groups excluding carboxylic acids is 1. The molecule has 7 heteroatoms. The molecule has 1 aromatic heterocycles. The van der Waals surface area contributed by atoms with Gasteiger partial charge in [0.15, 0.2) is 5.01 Å². The van der Waals surface area contributed by atoms with Crippen LogP contribution >= 0.6 is 27.3 Å². The standard InChI is InChI=1S/C16H16BrFN2O2S/c1-22-16(21)10-4-2-9(3-5-10)14-19-20-15(23-14)12-7-6-11(17)8-13(12)18/h6-10H,2-5H2,1H3/t9-,10-. The van der Waals surface area contributed by atoms with Gasteiger partial charge in [0.1, 0.15) is 10.8 Å². The number of carbonyl (C=O) groups is 1. The van der Waals surface area contributed by atoms with Crippen LogP contribution in [0.2, 0.25) is 0 Å². The Bertz CT molecular complexity index is 714. The van der Waals surface area contributed by atoms with Crippen LogP contribution in [0.3, 0.4) is 0 Å². The van der Waals surface area contributed by atoms with E-state index in [9.17, 15) is 9.18 Å². The van der Waals surface area contributed by atoms with E-state index in [1.807, 2.05) is 0 Å². The summed E-state index contributed by atoms with van der Waals surface area (Å²) >= 11 is 4.68. The van der Waals surface area contributed by atoms with Gasteiger partial charge in [0, 0.05) is 16.0 Å². The van der Waals surface area contributed by atoms with Crippen molar-refractivity contribution in [2.75, 3.05) is 7.11 Å². The summed E-state index contributed by atoms with van der Waals surface area (Å²) in [5, 5.41) is 9.91. The largest absolute Gasteiger partial charge is 0.469 e. The Hall–Kier alpha value is -1.34. The SMILES string of the molecule is COC(=O)[C@H]1CC[C@H](c2nnc(-c3ccc(Br)cc3F)s2)CC1. The molecule has 1 aromatic carbocycles. The van der Waals surface area contributed by atoms with E-state index in [1.54, 1.807) is 12.1 Å². The fourth-order valence-corrected chi connectivity index (χ4v) is 4.29. The molecule has 1 heterocycles. The molecule has 2 aromatic rings. The van der Waals surface area contributed by atoms with Crippen LogP contribution in [0.5, 0.6) is 0 Å². The minimum absolute atomic E-state index is 0.00689. The van der Waals surface area contributed by atoms with Crippen molar-refractivity contribution < 1.29 is 13.9 Å². The van der Waals surface area contributed by atoms with Crippen LogP contribution in [-0.2, 0) is 9.53 Å². The van der Waals surface area contributed by atoms with Gasteiger partial charge >= 0.3 is 5.97 Å². The molecule has 0 radical (unpaired) electrons. The summed E-state index contributed by atoms with van der Waals surface area (Å²) in [6.07, 6.45) is 3.38. The third-order valence-corrected chi connectivity index (χ3v) is 5.83. The Kier molecular flexibility index (Phi) is 5.06. The Morgan fingerprint density at radius 1 is 1.30 bits per heavy atom. The zero-order valence-electron chi connectivity index (χ0n) is 12.6. The predicted molar refractivity (Wildman–Crippen MR) is 89.7 cm³/mol. The maximum atomic E-state index is 14.0. The number of methoxy groups -OCH3 is 1. The van der Waals surface area contributed by atoms with E-state index in [1.165, 1.54) is 24.5 Å². The maximum absolute atomic E-state index is 14.0. The molecule has 0 aliphatic heterocycles. The highest BCUT2D eigenvalue weighted by molar-refractivity contribution is 9.10. The van der Waals surface area contributed by atoms with Gasteiger partial charge in [-0.15, -0.1) is 10.2 Å². The smallest absolute Gasteiger partial charge is 0.308 e. The molecule has 0 spiro atoms. The average Bonchev–Trinajstić information content (AvgIpc) is 3.04. The number of esters is 1. The molecule has 0 atom stereocenters. The monoisotopic (exact) mass is 398 g/mol. The van der Waals surface area contributed by atoms with Crippen molar-refractivity contribution in [1.82, 2.24) is 10.2 Å². The zero-order chi connectivity index (χ0) is 16.4. The Labute approximate surface area is 146 Å². The highest BCUT2D eigenvalue weighted by Gasteiger charge is 2.29. The van der Waals surface area contributed by atoms with Gasteiger partial charge in [-0.2, -0.15) is 0 Å². The third kappa shape index (κ3) is 3.61. The second-order valence-electron chi connectivity index (χ2n) is 5.64. The van der Waals surface area contributed by atoms with Gasteiger partial charge in [0.25, 0.3) is 0 Å². The molecule has 0 N–H and O–H groups in total. The van der Waals surface area contributed by atoms with Crippen molar-refractivity contribution >= 4 is 33.2 Å². The van der Waals surface area contributed by atoms with E-state index < -0.39 is 0 Å². The van der Waals surface area contributed by atoms with E-state index in [0.717, 1.165) is 30.7 Å². The molecule has 3 rings (SSSR count). The zero-order valence-corrected chi connectivity index (χ0v) is 15.0. The highest BCUT2D eigenvalue weighted by atomic mass is 79.9.